The third kappa shape index (κ3) is 3.89. The van der Waals surface area contributed by atoms with Gasteiger partial charge in [0, 0.05) is 5.70 Å². The van der Waals surface area contributed by atoms with Crippen LogP contribution in [-0.4, -0.2) is 33.4 Å². The van der Waals surface area contributed by atoms with Gasteiger partial charge in [0.2, 0.25) is 5.95 Å². The van der Waals surface area contributed by atoms with E-state index in [1.54, 1.807) is 23.7 Å². The molecule has 1 aliphatic heterocycles. The van der Waals surface area contributed by atoms with Crippen molar-refractivity contribution in [1.29, 1.82) is 0 Å². The average Bonchev–Trinajstić information content (AvgIpc) is 3.18. The number of hydrogen-bond acceptors (Lipinski definition) is 6. The Morgan fingerprint density at radius 1 is 1.14 bits per heavy atom. The van der Waals surface area contributed by atoms with Crippen LogP contribution in [0.3, 0.4) is 0 Å². The molecule has 9 heteroatoms. The molecule has 29 heavy (non-hydrogen) atoms. The lowest BCUT2D eigenvalue weighted by atomic mass is 10.0. The summed E-state index contributed by atoms with van der Waals surface area (Å²) in [7, 11) is 0. The van der Waals surface area contributed by atoms with Gasteiger partial charge in [-0.1, -0.05) is 41.0 Å². The number of allylic oxidation sites excluding steroid dienone is 1. The lowest BCUT2D eigenvalue weighted by Gasteiger charge is -2.24. The summed E-state index contributed by atoms with van der Waals surface area (Å²) < 4.78 is 37.1. The van der Waals surface area contributed by atoms with Gasteiger partial charge in [-0.2, -0.15) is 13.5 Å². The molecule has 0 saturated heterocycles. The zero-order valence-corrected chi connectivity index (χ0v) is 15.8. The van der Waals surface area contributed by atoms with E-state index < -0.39 is 6.61 Å². The van der Waals surface area contributed by atoms with E-state index >= 15 is 0 Å². The Balaban J connectivity index is 1.76. The van der Waals surface area contributed by atoms with Crippen molar-refractivity contribution in [3.63, 3.8) is 0 Å². The maximum Gasteiger partial charge on any atom is 0.387 e. The number of benzene rings is 2. The van der Waals surface area contributed by atoms with Gasteiger partial charge in [-0.05, 0) is 53.6 Å². The molecule has 0 radical (unpaired) electrons. The van der Waals surface area contributed by atoms with Gasteiger partial charge < -0.3 is 14.8 Å². The number of anilines is 1. The minimum absolute atomic E-state index is 0.0146. The normalized spacial score (nSPS) is 15.5. The molecular formula is C20H19F2N5O2. The highest BCUT2D eigenvalue weighted by Crippen LogP contribution is 2.36. The highest BCUT2D eigenvalue weighted by Gasteiger charge is 2.25. The lowest BCUT2D eigenvalue weighted by molar-refractivity contribution is -0.0514. The first kappa shape index (κ1) is 18.9. The van der Waals surface area contributed by atoms with Gasteiger partial charge >= 0.3 is 6.61 Å². The fourth-order valence-corrected chi connectivity index (χ4v) is 3.16. The van der Waals surface area contributed by atoms with Gasteiger partial charge in [0.15, 0.2) is 11.5 Å². The first-order valence-corrected chi connectivity index (χ1v) is 9.10. The smallest absolute Gasteiger partial charge is 0.387 e. The van der Waals surface area contributed by atoms with Gasteiger partial charge in [0.05, 0.1) is 6.61 Å². The molecule has 1 aromatic heterocycles. The molecule has 4 rings (SSSR count). The molecule has 150 valence electrons. The molecule has 0 fully saturated rings. The Labute approximate surface area is 165 Å². The Bertz CT molecular complexity index is 1030. The molecule has 0 amide bonds. The predicted molar refractivity (Wildman–Crippen MR) is 103 cm³/mol. The van der Waals surface area contributed by atoms with Crippen LogP contribution in [0.5, 0.6) is 11.5 Å². The number of nitrogens with one attached hydrogen (secondary N) is 1. The van der Waals surface area contributed by atoms with E-state index in [9.17, 15) is 8.78 Å². The van der Waals surface area contributed by atoms with Crippen molar-refractivity contribution in [2.24, 2.45) is 0 Å². The zero-order chi connectivity index (χ0) is 20.4. The summed E-state index contributed by atoms with van der Waals surface area (Å²) in [5.41, 5.74) is 3.76. The molecule has 3 aromatic rings. The minimum Gasteiger partial charge on any atom is -0.490 e. The number of hydrogen-bond donors (Lipinski definition) is 1. The lowest BCUT2D eigenvalue weighted by Crippen LogP contribution is -2.20. The molecular weight excluding hydrogens is 380 g/mol. The Morgan fingerprint density at radius 2 is 1.93 bits per heavy atom. The van der Waals surface area contributed by atoms with E-state index in [1.165, 1.54) is 6.07 Å². The standard InChI is InChI=1S/C20H19F2N5O2/c1-3-28-18-10-14(8-9-17(18)29-19(21)22)16-11-15(13-6-4-12(2)5-7-13)23-20-24-25-26-27(16)20/h4-11,16,19H,3H2,1-2H3,(H,23,24,26)/t16-/m1/s1. The SMILES string of the molecule is CCOc1cc([C@H]2C=C(c3ccc(C)cc3)Nc3nnnn32)ccc1OC(F)F. The summed E-state index contributed by atoms with van der Waals surface area (Å²) in [6.45, 7) is 1.18. The molecule has 0 bridgehead atoms. The summed E-state index contributed by atoms with van der Waals surface area (Å²) >= 11 is 0. The second-order valence-corrected chi connectivity index (χ2v) is 6.48. The highest BCUT2D eigenvalue weighted by molar-refractivity contribution is 5.77. The number of halogens is 2. The number of nitrogens with zero attached hydrogens (tertiary/aromatic N) is 4. The highest BCUT2D eigenvalue weighted by atomic mass is 19.3. The molecule has 1 N–H and O–H groups in total. The Morgan fingerprint density at radius 3 is 2.66 bits per heavy atom. The Hall–Kier alpha value is -3.49. The van der Waals surface area contributed by atoms with E-state index in [4.69, 9.17) is 4.74 Å². The van der Waals surface area contributed by atoms with Crippen LogP contribution in [0, 0.1) is 6.92 Å². The van der Waals surface area contributed by atoms with Gasteiger partial charge in [-0.15, -0.1) is 0 Å². The van der Waals surface area contributed by atoms with Crippen molar-refractivity contribution in [2.45, 2.75) is 26.5 Å². The van der Waals surface area contributed by atoms with Crippen molar-refractivity contribution < 1.29 is 18.3 Å². The molecule has 7 nitrogen and oxygen atoms in total. The van der Waals surface area contributed by atoms with Crippen molar-refractivity contribution in [3.05, 3.63) is 65.2 Å². The van der Waals surface area contributed by atoms with Gasteiger partial charge in [-0.25, -0.2) is 0 Å². The van der Waals surface area contributed by atoms with Crippen molar-refractivity contribution in [1.82, 2.24) is 20.2 Å². The van der Waals surface area contributed by atoms with Gasteiger partial charge in [0.25, 0.3) is 0 Å². The van der Waals surface area contributed by atoms with Crippen molar-refractivity contribution >= 4 is 11.6 Å². The first-order valence-electron chi connectivity index (χ1n) is 9.10. The van der Waals surface area contributed by atoms with Crippen LogP contribution in [0.1, 0.15) is 29.7 Å². The number of ether oxygens (including phenoxy) is 2. The molecule has 1 aliphatic rings. The molecule has 0 spiro atoms. The largest absolute Gasteiger partial charge is 0.490 e. The maximum absolute atomic E-state index is 12.7. The van der Waals surface area contributed by atoms with Gasteiger partial charge in [-0.3, -0.25) is 0 Å². The molecule has 0 unspecified atom stereocenters. The second-order valence-electron chi connectivity index (χ2n) is 6.48. The minimum atomic E-state index is -2.93. The van der Waals surface area contributed by atoms with E-state index in [1.807, 2.05) is 37.3 Å². The van der Waals surface area contributed by atoms with E-state index in [0.29, 0.717) is 12.6 Å². The summed E-state index contributed by atoms with van der Waals surface area (Å²) in [6.07, 6.45) is 1.98. The van der Waals surface area contributed by atoms with E-state index in [2.05, 4.69) is 25.6 Å². The zero-order valence-electron chi connectivity index (χ0n) is 15.8. The number of aryl methyl sites for hydroxylation is 1. The maximum atomic E-state index is 12.7. The predicted octanol–water partition coefficient (Wildman–Crippen LogP) is 4.04. The second kappa shape index (κ2) is 7.86. The number of aromatic nitrogens is 4. The first-order chi connectivity index (χ1) is 14.0. The summed E-state index contributed by atoms with van der Waals surface area (Å²) in [6, 6.07) is 12.6. The van der Waals surface area contributed by atoms with Crippen LogP contribution in [-0.2, 0) is 0 Å². The van der Waals surface area contributed by atoms with Crippen LogP contribution in [0.2, 0.25) is 0 Å². The fraction of sp³-hybridized carbons (Fsp3) is 0.250. The third-order valence-corrected chi connectivity index (χ3v) is 4.52. The third-order valence-electron chi connectivity index (χ3n) is 4.52. The summed E-state index contributed by atoms with van der Waals surface area (Å²) in [5.74, 6) is 0.710. The molecule has 0 saturated carbocycles. The average molecular weight is 399 g/mol. The van der Waals surface area contributed by atoms with Crippen LogP contribution in [0.25, 0.3) is 5.70 Å². The molecule has 2 aromatic carbocycles. The molecule has 2 heterocycles. The fourth-order valence-electron chi connectivity index (χ4n) is 3.16. The topological polar surface area (TPSA) is 74.1 Å². The van der Waals surface area contributed by atoms with Crippen LogP contribution in [0.4, 0.5) is 14.7 Å². The summed E-state index contributed by atoms with van der Waals surface area (Å²) in [5, 5.41) is 15.1. The van der Waals surface area contributed by atoms with Gasteiger partial charge in [0.1, 0.15) is 6.04 Å². The van der Waals surface area contributed by atoms with E-state index in [-0.39, 0.29) is 17.5 Å². The molecule has 1 atom stereocenters. The molecule has 0 aliphatic carbocycles. The summed E-state index contributed by atoms with van der Waals surface area (Å²) in [4.78, 5) is 0. The van der Waals surface area contributed by atoms with E-state index in [0.717, 1.165) is 22.4 Å². The van der Waals surface area contributed by atoms with Crippen LogP contribution >= 0.6 is 0 Å². The number of rotatable bonds is 6. The number of alkyl halides is 2. The number of tetrazole rings is 1. The Kier molecular flexibility index (Phi) is 5.11. The van der Waals surface area contributed by atoms with Crippen LogP contribution < -0.4 is 14.8 Å². The van der Waals surface area contributed by atoms with Crippen molar-refractivity contribution in [3.8, 4) is 11.5 Å². The van der Waals surface area contributed by atoms with Crippen molar-refractivity contribution in [2.75, 3.05) is 11.9 Å². The quantitative estimate of drug-likeness (QED) is 0.674. The monoisotopic (exact) mass is 399 g/mol. The van der Waals surface area contributed by atoms with Crippen LogP contribution in [0.15, 0.2) is 48.5 Å². The number of fused-ring (bicyclic) bond motifs is 1.